The SMILES string of the molecule is Cc1cc(OCc2cc(C(=O)O)oc2C)cc(C)c1Cl. The molecule has 1 aromatic carbocycles. The Morgan fingerprint density at radius 3 is 2.35 bits per heavy atom. The molecule has 5 heteroatoms. The molecule has 0 fully saturated rings. The van der Waals surface area contributed by atoms with Gasteiger partial charge in [0.1, 0.15) is 18.1 Å². The van der Waals surface area contributed by atoms with Crippen LogP contribution < -0.4 is 4.74 Å². The molecule has 1 N–H and O–H groups in total. The van der Waals surface area contributed by atoms with Crippen LogP contribution in [-0.4, -0.2) is 11.1 Å². The topological polar surface area (TPSA) is 59.7 Å². The standard InChI is InChI=1S/C15H15ClO4/c1-8-4-12(5-9(2)14(8)16)19-7-11-6-13(15(17)18)20-10(11)3/h4-6H,7H2,1-3H3,(H,17,18). The molecule has 0 bridgehead atoms. The molecule has 1 aromatic heterocycles. The van der Waals surface area contributed by atoms with Crippen molar-refractivity contribution in [2.24, 2.45) is 0 Å². The summed E-state index contributed by atoms with van der Waals surface area (Å²) in [5.41, 5.74) is 2.60. The Balaban J connectivity index is 2.15. The van der Waals surface area contributed by atoms with Crippen molar-refractivity contribution in [2.45, 2.75) is 27.4 Å². The Hall–Kier alpha value is -1.94. The predicted molar refractivity (Wildman–Crippen MR) is 75.7 cm³/mol. The zero-order valence-electron chi connectivity index (χ0n) is 11.5. The van der Waals surface area contributed by atoms with Crippen LogP contribution in [0.4, 0.5) is 0 Å². The van der Waals surface area contributed by atoms with E-state index in [9.17, 15) is 4.79 Å². The van der Waals surface area contributed by atoms with Crippen molar-refractivity contribution in [3.05, 3.63) is 51.4 Å². The Kier molecular flexibility index (Phi) is 4.04. The van der Waals surface area contributed by atoms with Crippen LogP contribution in [0.2, 0.25) is 5.02 Å². The van der Waals surface area contributed by atoms with Crippen LogP contribution in [0.5, 0.6) is 5.75 Å². The van der Waals surface area contributed by atoms with Gasteiger partial charge in [0.15, 0.2) is 0 Å². The maximum Gasteiger partial charge on any atom is 0.371 e. The summed E-state index contributed by atoms with van der Waals surface area (Å²) in [7, 11) is 0. The summed E-state index contributed by atoms with van der Waals surface area (Å²) in [4.78, 5) is 10.8. The summed E-state index contributed by atoms with van der Waals surface area (Å²) in [5.74, 6) is 0.0776. The highest BCUT2D eigenvalue weighted by Crippen LogP contribution is 2.27. The van der Waals surface area contributed by atoms with Crippen LogP contribution >= 0.6 is 11.6 Å². The molecule has 0 unspecified atom stereocenters. The van der Waals surface area contributed by atoms with E-state index in [0.29, 0.717) is 17.1 Å². The average molecular weight is 295 g/mol. The number of hydrogen-bond donors (Lipinski definition) is 1. The smallest absolute Gasteiger partial charge is 0.371 e. The van der Waals surface area contributed by atoms with Gasteiger partial charge in [0.25, 0.3) is 0 Å². The molecular weight excluding hydrogens is 280 g/mol. The van der Waals surface area contributed by atoms with Crippen LogP contribution in [0, 0.1) is 20.8 Å². The first kappa shape index (κ1) is 14.5. The van der Waals surface area contributed by atoms with E-state index >= 15 is 0 Å². The lowest BCUT2D eigenvalue weighted by atomic mass is 10.1. The first-order valence-electron chi connectivity index (χ1n) is 6.10. The number of carbonyl (C=O) groups is 1. The summed E-state index contributed by atoms with van der Waals surface area (Å²) < 4.78 is 10.8. The summed E-state index contributed by atoms with van der Waals surface area (Å²) in [6, 6.07) is 5.18. The first-order valence-corrected chi connectivity index (χ1v) is 6.48. The fraction of sp³-hybridized carbons (Fsp3) is 0.267. The second-order valence-corrected chi connectivity index (χ2v) is 5.03. The highest BCUT2D eigenvalue weighted by atomic mass is 35.5. The van der Waals surface area contributed by atoms with Crippen molar-refractivity contribution in [1.29, 1.82) is 0 Å². The predicted octanol–water partition coefficient (Wildman–Crippen LogP) is 4.14. The lowest BCUT2D eigenvalue weighted by Gasteiger charge is -2.09. The van der Waals surface area contributed by atoms with Gasteiger partial charge in [-0.15, -0.1) is 0 Å². The fourth-order valence-corrected chi connectivity index (χ4v) is 2.03. The molecule has 0 aliphatic heterocycles. The van der Waals surface area contributed by atoms with Crippen LogP contribution in [-0.2, 0) is 6.61 Å². The monoisotopic (exact) mass is 294 g/mol. The third-order valence-corrected chi connectivity index (χ3v) is 3.63. The van der Waals surface area contributed by atoms with E-state index in [2.05, 4.69) is 0 Å². The van der Waals surface area contributed by atoms with Crippen LogP contribution in [0.3, 0.4) is 0 Å². The molecule has 4 nitrogen and oxygen atoms in total. The van der Waals surface area contributed by atoms with Crippen molar-refractivity contribution < 1.29 is 19.1 Å². The van der Waals surface area contributed by atoms with Crippen LogP contribution in [0.1, 0.15) is 33.0 Å². The van der Waals surface area contributed by atoms with E-state index in [4.69, 9.17) is 25.9 Å². The number of benzene rings is 1. The normalized spacial score (nSPS) is 10.6. The largest absolute Gasteiger partial charge is 0.489 e. The Labute approximate surface area is 121 Å². The highest BCUT2D eigenvalue weighted by Gasteiger charge is 2.13. The molecule has 0 spiro atoms. The number of aromatic carboxylic acids is 1. The Morgan fingerprint density at radius 2 is 1.85 bits per heavy atom. The number of ether oxygens (including phenoxy) is 1. The lowest BCUT2D eigenvalue weighted by molar-refractivity contribution is 0.0661. The Morgan fingerprint density at radius 1 is 1.25 bits per heavy atom. The number of carboxylic acid groups (broad SMARTS) is 1. The zero-order valence-corrected chi connectivity index (χ0v) is 12.2. The molecule has 106 valence electrons. The van der Waals surface area contributed by atoms with Crippen molar-refractivity contribution in [3.63, 3.8) is 0 Å². The number of carboxylic acids is 1. The molecule has 0 saturated carbocycles. The van der Waals surface area contributed by atoms with E-state index in [1.54, 1.807) is 6.92 Å². The molecule has 2 aromatic rings. The first-order chi connectivity index (χ1) is 9.38. The minimum absolute atomic E-state index is 0.0791. The van der Waals surface area contributed by atoms with E-state index in [0.717, 1.165) is 16.1 Å². The van der Waals surface area contributed by atoms with Crippen molar-refractivity contribution in [1.82, 2.24) is 0 Å². The number of halogens is 1. The second kappa shape index (κ2) is 5.59. The zero-order chi connectivity index (χ0) is 14.9. The maximum atomic E-state index is 10.8. The summed E-state index contributed by atoms with van der Waals surface area (Å²) in [6.45, 7) is 5.79. The maximum absolute atomic E-state index is 10.8. The highest BCUT2D eigenvalue weighted by molar-refractivity contribution is 6.32. The minimum atomic E-state index is -1.09. The van der Waals surface area contributed by atoms with E-state index < -0.39 is 5.97 Å². The molecule has 1 heterocycles. The summed E-state index contributed by atoms with van der Waals surface area (Å²) in [6.07, 6.45) is 0. The Bertz CT molecular complexity index is 635. The molecule has 0 atom stereocenters. The molecule has 0 saturated heterocycles. The van der Waals surface area contributed by atoms with Gasteiger partial charge in [0.05, 0.1) is 0 Å². The fourth-order valence-electron chi connectivity index (χ4n) is 1.92. The van der Waals surface area contributed by atoms with Gasteiger partial charge in [-0.3, -0.25) is 0 Å². The summed E-state index contributed by atoms with van der Waals surface area (Å²) in [5, 5.41) is 9.59. The van der Waals surface area contributed by atoms with Gasteiger partial charge in [-0.05, 0) is 50.1 Å². The molecular formula is C15H15ClO4. The molecule has 0 aliphatic rings. The third kappa shape index (κ3) is 2.96. The number of hydrogen-bond acceptors (Lipinski definition) is 3. The van der Waals surface area contributed by atoms with Gasteiger partial charge in [-0.1, -0.05) is 11.6 Å². The summed E-state index contributed by atoms with van der Waals surface area (Å²) >= 11 is 6.09. The average Bonchev–Trinajstić information content (AvgIpc) is 2.75. The second-order valence-electron chi connectivity index (χ2n) is 4.66. The molecule has 0 amide bonds. The van der Waals surface area contributed by atoms with Crippen molar-refractivity contribution >= 4 is 17.6 Å². The molecule has 0 aliphatic carbocycles. The van der Waals surface area contributed by atoms with Gasteiger partial charge in [-0.25, -0.2) is 4.79 Å². The third-order valence-electron chi connectivity index (χ3n) is 3.04. The van der Waals surface area contributed by atoms with Gasteiger partial charge >= 0.3 is 5.97 Å². The van der Waals surface area contributed by atoms with Crippen LogP contribution in [0.15, 0.2) is 22.6 Å². The van der Waals surface area contributed by atoms with Crippen molar-refractivity contribution in [2.75, 3.05) is 0 Å². The molecule has 2 rings (SSSR count). The van der Waals surface area contributed by atoms with Crippen molar-refractivity contribution in [3.8, 4) is 5.75 Å². The quantitative estimate of drug-likeness (QED) is 0.921. The number of rotatable bonds is 4. The molecule has 20 heavy (non-hydrogen) atoms. The number of furan rings is 1. The van der Waals surface area contributed by atoms with Gasteiger partial charge in [0.2, 0.25) is 5.76 Å². The van der Waals surface area contributed by atoms with Gasteiger partial charge < -0.3 is 14.3 Å². The van der Waals surface area contributed by atoms with E-state index in [-0.39, 0.29) is 12.4 Å². The van der Waals surface area contributed by atoms with E-state index in [1.807, 2.05) is 26.0 Å². The van der Waals surface area contributed by atoms with Gasteiger partial charge in [-0.2, -0.15) is 0 Å². The van der Waals surface area contributed by atoms with Crippen LogP contribution in [0.25, 0.3) is 0 Å². The minimum Gasteiger partial charge on any atom is -0.489 e. The van der Waals surface area contributed by atoms with E-state index in [1.165, 1.54) is 6.07 Å². The molecule has 0 radical (unpaired) electrons. The number of aryl methyl sites for hydroxylation is 3. The van der Waals surface area contributed by atoms with Gasteiger partial charge in [0, 0.05) is 10.6 Å². The lowest BCUT2D eigenvalue weighted by Crippen LogP contribution is -1.97.